The summed E-state index contributed by atoms with van der Waals surface area (Å²) in [5.74, 6) is -0.977. The zero-order valence-electron chi connectivity index (χ0n) is 17.3. The minimum atomic E-state index is -0.763. The average molecular weight is 391 g/mol. The maximum absolute atomic E-state index is 12.2. The lowest BCUT2D eigenvalue weighted by Gasteiger charge is -2.17. The fourth-order valence-electron chi connectivity index (χ4n) is 2.98. The van der Waals surface area contributed by atoms with Crippen LogP contribution in [0.1, 0.15) is 64.4 Å². The molecular formula is C22H34N2O4. The number of carbonyl (C=O) groups excluding carboxylic acids is 3. The van der Waals surface area contributed by atoms with Crippen molar-refractivity contribution in [3.8, 4) is 0 Å². The molecule has 0 aliphatic carbocycles. The molecule has 0 aliphatic heterocycles. The summed E-state index contributed by atoms with van der Waals surface area (Å²) in [6.07, 6.45) is 6.10. The molecule has 2 N–H and O–H groups in total. The summed E-state index contributed by atoms with van der Waals surface area (Å²) in [6.45, 7) is 4.15. The van der Waals surface area contributed by atoms with Gasteiger partial charge in [-0.05, 0) is 18.9 Å². The summed E-state index contributed by atoms with van der Waals surface area (Å²) >= 11 is 0. The first-order chi connectivity index (χ1) is 13.5. The van der Waals surface area contributed by atoms with Gasteiger partial charge in [-0.1, -0.05) is 62.9 Å². The third-order valence-electron chi connectivity index (χ3n) is 4.58. The van der Waals surface area contributed by atoms with Crippen molar-refractivity contribution in [1.82, 2.24) is 10.6 Å². The quantitative estimate of drug-likeness (QED) is 0.400. The first kappa shape index (κ1) is 23.7. The Morgan fingerprint density at radius 1 is 0.964 bits per heavy atom. The van der Waals surface area contributed by atoms with E-state index in [1.165, 1.54) is 26.4 Å². The highest BCUT2D eigenvalue weighted by Gasteiger charge is 2.22. The van der Waals surface area contributed by atoms with Gasteiger partial charge in [-0.2, -0.15) is 0 Å². The Bertz CT molecular complexity index is 604. The first-order valence-electron chi connectivity index (χ1n) is 10.2. The number of ether oxygens (including phenoxy) is 1. The van der Waals surface area contributed by atoms with Gasteiger partial charge >= 0.3 is 5.97 Å². The summed E-state index contributed by atoms with van der Waals surface area (Å²) in [5.41, 5.74) is 0.924. The molecule has 6 nitrogen and oxygen atoms in total. The van der Waals surface area contributed by atoms with E-state index in [-0.39, 0.29) is 30.7 Å². The third-order valence-corrected chi connectivity index (χ3v) is 4.58. The van der Waals surface area contributed by atoms with E-state index in [4.69, 9.17) is 4.74 Å². The number of hydrogen-bond acceptors (Lipinski definition) is 4. The van der Waals surface area contributed by atoms with E-state index in [0.717, 1.165) is 18.4 Å². The molecule has 6 heteroatoms. The molecule has 0 radical (unpaired) electrons. The number of nitrogens with one attached hydrogen (secondary N) is 2. The van der Waals surface area contributed by atoms with Crippen LogP contribution in [0.4, 0.5) is 0 Å². The van der Waals surface area contributed by atoms with Crippen LogP contribution in [0, 0.1) is 0 Å². The predicted molar refractivity (Wildman–Crippen MR) is 110 cm³/mol. The molecule has 0 aromatic heterocycles. The Kier molecular flexibility index (Phi) is 11.6. The molecule has 0 heterocycles. The second-order valence-electron chi connectivity index (χ2n) is 7.15. The van der Waals surface area contributed by atoms with Gasteiger partial charge in [0, 0.05) is 25.3 Å². The number of unbranched alkanes of at least 4 members (excludes halogenated alkanes) is 3. The summed E-state index contributed by atoms with van der Waals surface area (Å²) in [6, 6.07) is 8.75. The highest BCUT2D eigenvalue weighted by atomic mass is 16.5. The Balaban J connectivity index is 2.39. The van der Waals surface area contributed by atoms with Crippen LogP contribution < -0.4 is 10.6 Å². The molecule has 1 aromatic rings. The van der Waals surface area contributed by atoms with Gasteiger partial charge in [0.2, 0.25) is 11.8 Å². The molecule has 1 aromatic carbocycles. The number of rotatable bonds is 13. The maximum atomic E-state index is 12.2. The smallest absolute Gasteiger partial charge is 0.328 e. The second kappa shape index (κ2) is 13.7. The molecule has 156 valence electrons. The van der Waals surface area contributed by atoms with E-state index in [1.54, 1.807) is 0 Å². The molecule has 0 bridgehead atoms. The standard InChI is InChI=1S/C22H34N2O4/c1-4-5-6-8-11-17(2)23-20(25)14-15-21(26)24-19(22(27)28-3)16-18-12-9-7-10-13-18/h7,9-10,12-13,17,19H,4-6,8,11,14-16H2,1-3H3,(H,23,25)(H,24,26)/t17-,19+/m1/s1. The number of methoxy groups -OCH3 is 1. The van der Waals surface area contributed by atoms with E-state index in [2.05, 4.69) is 17.6 Å². The molecule has 0 saturated carbocycles. The molecule has 2 atom stereocenters. The van der Waals surface area contributed by atoms with Gasteiger partial charge in [-0.15, -0.1) is 0 Å². The van der Waals surface area contributed by atoms with Crippen molar-refractivity contribution >= 4 is 17.8 Å². The van der Waals surface area contributed by atoms with Crippen LogP contribution in [0.15, 0.2) is 30.3 Å². The van der Waals surface area contributed by atoms with Crippen molar-refractivity contribution < 1.29 is 19.1 Å². The highest BCUT2D eigenvalue weighted by molar-refractivity contribution is 5.87. The Labute approximate surface area is 168 Å². The van der Waals surface area contributed by atoms with Crippen molar-refractivity contribution in [1.29, 1.82) is 0 Å². The molecule has 0 spiro atoms. The lowest BCUT2D eigenvalue weighted by atomic mass is 10.1. The Morgan fingerprint density at radius 3 is 2.21 bits per heavy atom. The van der Waals surface area contributed by atoms with Gasteiger partial charge in [0.1, 0.15) is 6.04 Å². The summed E-state index contributed by atoms with van der Waals surface area (Å²) in [5, 5.41) is 5.61. The van der Waals surface area contributed by atoms with Gasteiger partial charge in [0.05, 0.1) is 7.11 Å². The monoisotopic (exact) mass is 390 g/mol. The van der Waals surface area contributed by atoms with Gasteiger partial charge in [0.15, 0.2) is 0 Å². The number of benzene rings is 1. The Morgan fingerprint density at radius 2 is 1.61 bits per heavy atom. The molecule has 28 heavy (non-hydrogen) atoms. The zero-order chi connectivity index (χ0) is 20.8. The third kappa shape index (κ3) is 10.1. The number of hydrogen-bond donors (Lipinski definition) is 2. The average Bonchev–Trinajstić information content (AvgIpc) is 2.69. The largest absolute Gasteiger partial charge is 0.467 e. The maximum Gasteiger partial charge on any atom is 0.328 e. The van der Waals surface area contributed by atoms with Crippen molar-refractivity contribution in [2.45, 2.75) is 77.3 Å². The van der Waals surface area contributed by atoms with Crippen LogP contribution in [-0.2, 0) is 25.5 Å². The fourth-order valence-corrected chi connectivity index (χ4v) is 2.98. The number of carbonyl (C=O) groups is 3. The minimum Gasteiger partial charge on any atom is -0.467 e. The lowest BCUT2D eigenvalue weighted by molar-refractivity contribution is -0.145. The van der Waals surface area contributed by atoms with Crippen molar-refractivity contribution in [3.63, 3.8) is 0 Å². The molecule has 0 unspecified atom stereocenters. The summed E-state index contributed by atoms with van der Waals surface area (Å²) in [7, 11) is 1.29. The fraction of sp³-hybridized carbons (Fsp3) is 0.591. The van der Waals surface area contributed by atoms with Crippen LogP contribution in [0.2, 0.25) is 0 Å². The van der Waals surface area contributed by atoms with Crippen LogP contribution in [0.3, 0.4) is 0 Å². The Hall–Kier alpha value is -2.37. The van der Waals surface area contributed by atoms with Crippen molar-refractivity contribution in [2.24, 2.45) is 0 Å². The van der Waals surface area contributed by atoms with E-state index < -0.39 is 12.0 Å². The summed E-state index contributed by atoms with van der Waals surface area (Å²) < 4.78 is 4.79. The number of esters is 1. The van der Waals surface area contributed by atoms with E-state index in [1.807, 2.05) is 37.3 Å². The molecule has 0 aliphatic rings. The van der Waals surface area contributed by atoms with E-state index in [9.17, 15) is 14.4 Å². The molecular weight excluding hydrogens is 356 g/mol. The van der Waals surface area contributed by atoms with Gasteiger partial charge in [-0.25, -0.2) is 4.79 Å². The van der Waals surface area contributed by atoms with Crippen LogP contribution >= 0.6 is 0 Å². The molecule has 0 saturated heterocycles. The first-order valence-corrected chi connectivity index (χ1v) is 10.2. The molecule has 2 amide bonds. The van der Waals surface area contributed by atoms with Crippen molar-refractivity contribution in [3.05, 3.63) is 35.9 Å². The number of amides is 2. The van der Waals surface area contributed by atoms with Crippen molar-refractivity contribution in [2.75, 3.05) is 7.11 Å². The SMILES string of the molecule is CCCCCC[C@@H](C)NC(=O)CCC(=O)N[C@@H](Cc1ccccc1)C(=O)OC. The van der Waals surface area contributed by atoms with Crippen LogP contribution in [0.5, 0.6) is 0 Å². The normalized spacial score (nSPS) is 12.7. The predicted octanol–water partition coefficient (Wildman–Crippen LogP) is 3.14. The van der Waals surface area contributed by atoms with E-state index >= 15 is 0 Å². The zero-order valence-corrected chi connectivity index (χ0v) is 17.3. The highest BCUT2D eigenvalue weighted by Crippen LogP contribution is 2.07. The minimum absolute atomic E-state index is 0.0384. The van der Waals surface area contributed by atoms with Crippen LogP contribution in [-0.4, -0.2) is 37.0 Å². The van der Waals surface area contributed by atoms with Crippen LogP contribution in [0.25, 0.3) is 0 Å². The van der Waals surface area contributed by atoms with E-state index in [0.29, 0.717) is 6.42 Å². The topological polar surface area (TPSA) is 84.5 Å². The second-order valence-corrected chi connectivity index (χ2v) is 7.15. The molecule has 1 rings (SSSR count). The summed E-state index contributed by atoms with van der Waals surface area (Å²) in [4.78, 5) is 36.2. The van der Waals surface area contributed by atoms with Gasteiger partial charge < -0.3 is 15.4 Å². The lowest BCUT2D eigenvalue weighted by Crippen LogP contribution is -2.43. The van der Waals surface area contributed by atoms with Gasteiger partial charge in [0.25, 0.3) is 0 Å². The van der Waals surface area contributed by atoms with Gasteiger partial charge in [-0.3, -0.25) is 9.59 Å². The molecule has 0 fully saturated rings.